The van der Waals surface area contributed by atoms with Crippen molar-refractivity contribution in [3.05, 3.63) is 60.2 Å². The van der Waals surface area contributed by atoms with Gasteiger partial charge in [0.25, 0.3) is 0 Å². The molecule has 0 saturated heterocycles. The standard InChI is InChI=1S/C19H25N3O2/c1-22(17-10-4-3-5-11-17)14-8-13-20-19(23)21-18-12-7-6-9-16(18)15-24-2/h3-7,9-12H,8,13-15H2,1-2H3,(H2,20,21,23). The molecule has 2 N–H and O–H groups in total. The number of nitrogens with one attached hydrogen (secondary N) is 2. The van der Waals surface area contributed by atoms with Crippen LogP contribution in [0.2, 0.25) is 0 Å². The summed E-state index contributed by atoms with van der Waals surface area (Å²) < 4.78 is 5.14. The van der Waals surface area contributed by atoms with Crippen LogP contribution in [0.5, 0.6) is 0 Å². The van der Waals surface area contributed by atoms with Gasteiger partial charge >= 0.3 is 6.03 Å². The number of carbonyl (C=O) groups excluding carboxylic acids is 1. The summed E-state index contributed by atoms with van der Waals surface area (Å²) in [6.07, 6.45) is 0.874. The normalized spacial score (nSPS) is 10.2. The van der Waals surface area contributed by atoms with Gasteiger partial charge in [0.15, 0.2) is 0 Å². The minimum atomic E-state index is -0.194. The first-order valence-electron chi connectivity index (χ1n) is 8.08. The lowest BCUT2D eigenvalue weighted by atomic mass is 10.2. The maximum atomic E-state index is 12.0. The number of anilines is 2. The van der Waals surface area contributed by atoms with Crippen LogP contribution in [0.15, 0.2) is 54.6 Å². The van der Waals surface area contributed by atoms with E-state index in [4.69, 9.17) is 4.74 Å². The number of carbonyl (C=O) groups is 1. The lowest BCUT2D eigenvalue weighted by Gasteiger charge is -2.19. The fraction of sp³-hybridized carbons (Fsp3) is 0.316. The molecule has 0 aliphatic heterocycles. The summed E-state index contributed by atoms with van der Waals surface area (Å²) in [7, 11) is 3.69. The summed E-state index contributed by atoms with van der Waals surface area (Å²) in [5, 5.41) is 5.76. The van der Waals surface area contributed by atoms with Crippen molar-refractivity contribution >= 4 is 17.4 Å². The first kappa shape index (κ1) is 17.8. The molecule has 0 aromatic heterocycles. The molecule has 2 aromatic carbocycles. The van der Waals surface area contributed by atoms with Gasteiger partial charge in [-0.3, -0.25) is 0 Å². The zero-order valence-electron chi connectivity index (χ0n) is 14.3. The Hall–Kier alpha value is -2.53. The highest BCUT2D eigenvalue weighted by Gasteiger charge is 2.06. The number of hydrogen-bond donors (Lipinski definition) is 2. The number of amides is 2. The molecule has 0 unspecified atom stereocenters. The third-order valence-corrected chi connectivity index (χ3v) is 3.72. The van der Waals surface area contributed by atoms with Crippen LogP contribution in [0, 0.1) is 0 Å². The van der Waals surface area contributed by atoms with Gasteiger partial charge in [-0.15, -0.1) is 0 Å². The zero-order chi connectivity index (χ0) is 17.2. The van der Waals surface area contributed by atoms with Gasteiger partial charge in [0, 0.05) is 44.2 Å². The molecule has 0 fully saturated rings. The van der Waals surface area contributed by atoms with Gasteiger partial charge in [-0.2, -0.15) is 0 Å². The fourth-order valence-electron chi connectivity index (χ4n) is 2.42. The Morgan fingerprint density at radius 3 is 2.54 bits per heavy atom. The maximum absolute atomic E-state index is 12.0. The summed E-state index contributed by atoms with van der Waals surface area (Å²) in [6, 6.07) is 17.6. The van der Waals surface area contributed by atoms with Gasteiger partial charge in [-0.25, -0.2) is 4.79 Å². The van der Waals surface area contributed by atoms with E-state index >= 15 is 0 Å². The number of ether oxygens (including phenoxy) is 1. The Labute approximate surface area is 143 Å². The molecular formula is C19H25N3O2. The zero-order valence-corrected chi connectivity index (χ0v) is 14.3. The number of urea groups is 1. The highest BCUT2D eigenvalue weighted by atomic mass is 16.5. The van der Waals surface area contributed by atoms with Gasteiger partial charge in [-0.1, -0.05) is 36.4 Å². The summed E-state index contributed by atoms with van der Waals surface area (Å²) in [5.41, 5.74) is 2.91. The Balaban J connectivity index is 1.72. The number of methoxy groups -OCH3 is 1. The molecular weight excluding hydrogens is 302 g/mol. The summed E-state index contributed by atoms with van der Waals surface area (Å²) in [4.78, 5) is 14.2. The van der Waals surface area contributed by atoms with Crippen LogP contribution in [0.4, 0.5) is 16.2 Å². The molecule has 0 atom stereocenters. The Bertz CT molecular complexity index is 632. The Kier molecular flexibility index (Phi) is 7.11. The van der Waals surface area contributed by atoms with E-state index in [9.17, 15) is 4.79 Å². The molecule has 0 radical (unpaired) electrons. The molecule has 24 heavy (non-hydrogen) atoms. The van der Waals surface area contributed by atoms with Crippen LogP contribution < -0.4 is 15.5 Å². The summed E-state index contributed by atoms with van der Waals surface area (Å²) in [5.74, 6) is 0. The number of hydrogen-bond acceptors (Lipinski definition) is 3. The second-order valence-electron chi connectivity index (χ2n) is 5.58. The van der Waals surface area contributed by atoms with Crippen molar-refractivity contribution in [3.8, 4) is 0 Å². The van der Waals surface area contributed by atoms with Crippen molar-refractivity contribution < 1.29 is 9.53 Å². The predicted molar refractivity (Wildman–Crippen MR) is 98.5 cm³/mol. The topological polar surface area (TPSA) is 53.6 Å². The Morgan fingerprint density at radius 2 is 1.79 bits per heavy atom. The molecule has 2 rings (SSSR count). The molecule has 0 aliphatic carbocycles. The van der Waals surface area contributed by atoms with E-state index in [0.29, 0.717) is 13.2 Å². The monoisotopic (exact) mass is 327 g/mol. The number of benzene rings is 2. The average Bonchev–Trinajstić information content (AvgIpc) is 2.61. The van der Waals surface area contributed by atoms with Gasteiger partial charge in [0.05, 0.1) is 6.61 Å². The van der Waals surface area contributed by atoms with Crippen molar-refractivity contribution in [1.82, 2.24) is 5.32 Å². The van der Waals surface area contributed by atoms with Crippen LogP contribution in [0.3, 0.4) is 0 Å². The van der Waals surface area contributed by atoms with E-state index in [1.807, 2.05) is 42.5 Å². The number of nitrogens with zero attached hydrogens (tertiary/aromatic N) is 1. The molecule has 0 spiro atoms. The second kappa shape index (κ2) is 9.57. The van der Waals surface area contributed by atoms with E-state index in [-0.39, 0.29) is 6.03 Å². The molecule has 2 amide bonds. The summed E-state index contributed by atoms with van der Waals surface area (Å²) in [6.45, 7) is 1.97. The smallest absolute Gasteiger partial charge is 0.319 e. The Morgan fingerprint density at radius 1 is 1.08 bits per heavy atom. The van der Waals surface area contributed by atoms with E-state index < -0.39 is 0 Å². The SMILES string of the molecule is COCc1ccccc1NC(=O)NCCCN(C)c1ccccc1. The van der Waals surface area contributed by atoms with Crippen molar-refractivity contribution in [2.75, 3.05) is 37.5 Å². The first-order valence-corrected chi connectivity index (χ1v) is 8.08. The van der Waals surface area contributed by atoms with Crippen LogP contribution in [0.25, 0.3) is 0 Å². The quantitative estimate of drug-likeness (QED) is 0.730. The van der Waals surface area contributed by atoms with Crippen LogP contribution in [0.1, 0.15) is 12.0 Å². The molecule has 0 bridgehead atoms. The van der Waals surface area contributed by atoms with E-state index in [1.54, 1.807) is 7.11 Å². The van der Waals surface area contributed by atoms with Crippen LogP contribution in [-0.2, 0) is 11.3 Å². The largest absolute Gasteiger partial charge is 0.380 e. The minimum Gasteiger partial charge on any atom is -0.380 e. The summed E-state index contributed by atoms with van der Waals surface area (Å²) >= 11 is 0. The third kappa shape index (κ3) is 5.59. The van der Waals surface area contributed by atoms with E-state index in [2.05, 4.69) is 34.7 Å². The predicted octanol–water partition coefficient (Wildman–Crippen LogP) is 3.48. The van der Waals surface area contributed by atoms with Crippen LogP contribution >= 0.6 is 0 Å². The van der Waals surface area contributed by atoms with Crippen molar-refractivity contribution in [2.24, 2.45) is 0 Å². The van der Waals surface area contributed by atoms with Crippen molar-refractivity contribution in [3.63, 3.8) is 0 Å². The first-order chi connectivity index (χ1) is 11.7. The van der Waals surface area contributed by atoms with Gasteiger partial charge in [-0.05, 0) is 24.6 Å². The molecule has 128 valence electrons. The molecule has 0 heterocycles. The van der Waals surface area contributed by atoms with Gasteiger partial charge in [0.1, 0.15) is 0 Å². The number of rotatable bonds is 8. The van der Waals surface area contributed by atoms with Crippen LogP contribution in [-0.4, -0.2) is 33.3 Å². The van der Waals surface area contributed by atoms with Gasteiger partial charge < -0.3 is 20.3 Å². The molecule has 5 nitrogen and oxygen atoms in total. The highest BCUT2D eigenvalue weighted by Crippen LogP contribution is 2.15. The highest BCUT2D eigenvalue weighted by molar-refractivity contribution is 5.90. The molecule has 0 aliphatic rings. The average molecular weight is 327 g/mol. The lowest BCUT2D eigenvalue weighted by molar-refractivity contribution is 0.185. The minimum absolute atomic E-state index is 0.194. The van der Waals surface area contributed by atoms with Crippen molar-refractivity contribution in [1.29, 1.82) is 0 Å². The van der Waals surface area contributed by atoms with E-state index in [1.165, 1.54) is 5.69 Å². The molecule has 5 heteroatoms. The lowest BCUT2D eigenvalue weighted by Crippen LogP contribution is -2.32. The van der Waals surface area contributed by atoms with Crippen molar-refractivity contribution in [2.45, 2.75) is 13.0 Å². The maximum Gasteiger partial charge on any atom is 0.319 e. The molecule has 0 saturated carbocycles. The van der Waals surface area contributed by atoms with Gasteiger partial charge in [0.2, 0.25) is 0 Å². The number of para-hydroxylation sites is 2. The van der Waals surface area contributed by atoms with E-state index in [0.717, 1.165) is 24.2 Å². The second-order valence-corrected chi connectivity index (χ2v) is 5.58. The fourth-order valence-corrected chi connectivity index (χ4v) is 2.42. The molecule has 2 aromatic rings. The third-order valence-electron chi connectivity index (χ3n) is 3.72.